The minimum absolute atomic E-state index is 0.347. The van der Waals surface area contributed by atoms with Gasteiger partial charge in [-0.3, -0.25) is 19.2 Å². The molecular weight excluding hydrogens is 548 g/mol. The van der Waals surface area contributed by atoms with Crippen molar-refractivity contribution in [2.24, 2.45) is 0 Å². The zero-order valence-corrected chi connectivity index (χ0v) is 23.5. The van der Waals surface area contributed by atoms with E-state index in [-0.39, 0.29) is 23.6 Å². The Balaban J connectivity index is 1.39. The molecule has 7 aromatic carbocycles. The molecule has 6 nitrogen and oxygen atoms in total. The Hall–Kier alpha value is -5.88. The number of carbonyl (C=O) groups excluding carboxylic acids is 4. The van der Waals surface area contributed by atoms with Crippen LogP contribution in [-0.4, -0.2) is 23.6 Å². The van der Waals surface area contributed by atoms with Crippen molar-refractivity contribution in [1.82, 2.24) is 0 Å². The fraction of sp³-hybridized carbons (Fsp3) is 0.0526. The molecule has 6 heteroatoms. The maximum absolute atomic E-state index is 14.0. The minimum Gasteiger partial charge on any atom is -0.268 e. The van der Waals surface area contributed by atoms with Gasteiger partial charge in [0, 0.05) is 33.0 Å². The molecule has 0 unspecified atom stereocenters. The summed E-state index contributed by atoms with van der Waals surface area (Å²) >= 11 is 0. The normalized spacial score (nSPS) is 14.7. The van der Waals surface area contributed by atoms with E-state index >= 15 is 0 Å². The summed E-state index contributed by atoms with van der Waals surface area (Å²) in [6.07, 6.45) is 0.645. The molecule has 9 rings (SSSR count). The number of hydrogen-bond donors (Lipinski definition) is 0. The van der Waals surface area contributed by atoms with E-state index in [4.69, 9.17) is 0 Å². The molecule has 0 atom stereocenters. The molecule has 0 N–H and O–H groups in total. The number of aryl methyl sites for hydroxylation is 1. The van der Waals surface area contributed by atoms with E-state index in [1.165, 1.54) is 9.80 Å². The molecule has 0 spiro atoms. The summed E-state index contributed by atoms with van der Waals surface area (Å²) in [5.41, 5.74) is 3.94. The summed E-state index contributed by atoms with van der Waals surface area (Å²) in [6.45, 7) is 2.05. The molecule has 44 heavy (non-hydrogen) atoms. The standard InChI is InChI=1S/C38H22N2O4/c1-2-20-19-29-33-28(37(43)40(38(29)44)22-11-7-4-8-12-22)17-14-24-23-13-16-26-32-27(18-15-25(31(23)32)30(20)34(24)33)36(42)39(35(26)41)21-9-5-3-6-10-21/h3-19H,2H2,1H3. The quantitative estimate of drug-likeness (QED) is 0.123. The van der Waals surface area contributed by atoms with E-state index in [0.29, 0.717) is 50.8 Å². The molecule has 2 aliphatic heterocycles. The van der Waals surface area contributed by atoms with Crippen LogP contribution in [0.2, 0.25) is 0 Å². The molecule has 0 bridgehead atoms. The largest absolute Gasteiger partial charge is 0.268 e. The van der Waals surface area contributed by atoms with Crippen LogP contribution in [0.15, 0.2) is 103 Å². The van der Waals surface area contributed by atoms with Crippen molar-refractivity contribution < 1.29 is 19.2 Å². The van der Waals surface area contributed by atoms with E-state index in [1.54, 1.807) is 48.5 Å². The SMILES string of the molecule is CCc1cc2c3c(ccc4c5ccc6c7c(ccc(c1c34)c75)C(=O)N(c1ccccc1)C6=O)C(=O)N(c1ccccc1)C2=O. The maximum Gasteiger partial charge on any atom is 0.265 e. The summed E-state index contributed by atoms with van der Waals surface area (Å²) < 4.78 is 0. The van der Waals surface area contributed by atoms with Gasteiger partial charge in [-0.05, 0) is 92.8 Å². The molecule has 7 aromatic rings. The van der Waals surface area contributed by atoms with Gasteiger partial charge in [-0.2, -0.15) is 0 Å². The number of amides is 4. The lowest BCUT2D eigenvalue weighted by atomic mass is 9.80. The highest BCUT2D eigenvalue weighted by Crippen LogP contribution is 2.48. The van der Waals surface area contributed by atoms with Gasteiger partial charge >= 0.3 is 0 Å². The zero-order valence-electron chi connectivity index (χ0n) is 23.5. The van der Waals surface area contributed by atoms with Crippen LogP contribution in [0.4, 0.5) is 11.4 Å². The van der Waals surface area contributed by atoms with Crippen molar-refractivity contribution >= 4 is 78.1 Å². The second kappa shape index (κ2) is 8.58. The summed E-state index contributed by atoms with van der Waals surface area (Å²) in [7, 11) is 0. The average molecular weight is 571 g/mol. The second-order valence-electron chi connectivity index (χ2n) is 11.4. The van der Waals surface area contributed by atoms with Crippen molar-refractivity contribution in [1.29, 1.82) is 0 Å². The molecule has 0 aliphatic carbocycles. The van der Waals surface area contributed by atoms with Gasteiger partial charge < -0.3 is 0 Å². The molecule has 208 valence electrons. The number of fused-ring (bicyclic) bond motifs is 2. The molecule has 4 amide bonds. The molecule has 2 aliphatic rings. The summed E-state index contributed by atoms with van der Waals surface area (Å²) in [5.74, 6) is -1.42. The monoisotopic (exact) mass is 570 g/mol. The van der Waals surface area contributed by atoms with Gasteiger partial charge in [0.1, 0.15) is 0 Å². The highest BCUT2D eigenvalue weighted by Gasteiger charge is 2.38. The van der Waals surface area contributed by atoms with Crippen LogP contribution in [-0.2, 0) is 6.42 Å². The Kier molecular flexibility index (Phi) is 4.82. The van der Waals surface area contributed by atoms with E-state index in [2.05, 4.69) is 0 Å². The van der Waals surface area contributed by atoms with Crippen LogP contribution in [0.5, 0.6) is 0 Å². The average Bonchev–Trinajstić information content (AvgIpc) is 3.06. The van der Waals surface area contributed by atoms with E-state index in [1.807, 2.05) is 61.5 Å². The van der Waals surface area contributed by atoms with Crippen molar-refractivity contribution in [2.45, 2.75) is 13.3 Å². The fourth-order valence-corrected chi connectivity index (χ4v) is 7.35. The first kappa shape index (κ1) is 24.7. The Bertz CT molecular complexity index is 2430. The lowest BCUT2D eigenvalue weighted by Gasteiger charge is -2.31. The Morgan fingerprint density at radius 3 is 1.36 bits per heavy atom. The predicted molar refractivity (Wildman–Crippen MR) is 172 cm³/mol. The number of nitrogens with zero attached hydrogens (tertiary/aromatic N) is 2. The van der Waals surface area contributed by atoms with Crippen LogP contribution in [0.25, 0.3) is 43.1 Å². The van der Waals surface area contributed by atoms with Gasteiger partial charge in [-0.1, -0.05) is 61.5 Å². The van der Waals surface area contributed by atoms with E-state index < -0.39 is 0 Å². The van der Waals surface area contributed by atoms with Gasteiger partial charge in [0.05, 0.1) is 11.4 Å². The fourth-order valence-electron chi connectivity index (χ4n) is 7.35. The second-order valence-corrected chi connectivity index (χ2v) is 11.4. The van der Waals surface area contributed by atoms with Crippen molar-refractivity contribution in [3.05, 3.63) is 131 Å². The number of rotatable bonds is 3. The highest BCUT2D eigenvalue weighted by atomic mass is 16.2. The van der Waals surface area contributed by atoms with Crippen LogP contribution >= 0.6 is 0 Å². The molecule has 0 fully saturated rings. The van der Waals surface area contributed by atoms with E-state index in [0.717, 1.165) is 37.9 Å². The topological polar surface area (TPSA) is 74.8 Å². The Morgan fingerprint density at radius 2 is 0.864 bits per heavy atom. The third-order valence-electron chi connectivity index (χ3n) is 9.23. The van der Waals surface area contributed by atoms with Gasteiger partial charge in [0.15, 0.2) is 0 Å². The Morgan fingerprint density at radius 1 is 0.432 bits per heavy atom. The van der Waals surface area contributed by atoms with E-state index in [9.17, 15) is 19.2 Å². The van der Waals surface area contributed by atoms with Crippen molar-refractivity contribution in [3.8, 4) is 0 Å². The number of imide groups is 2. The summed E-state index contributed by atoms with van der Waals surface area (Å²) in [5, 5.41) is 6.60. The third-order valence-corrected chi connectivity index (χ3v) is 9.23. The number of hydrogen-bond acceptors (Lipinski definition) is 4. The predicted octanol–water partition coefficient (Wildman–Crippen LogP) is 7.90. The number of anilines is 2. The minimum atomic E-state index is -0.360. The van der Waals surface area contributed by atoms with Gasteiger partial charge in [0.25, 0.3) is 23.6 Å². The van der Waals surface area contributed by atoms with Gasteiger partial charge in [-0.15, -0.1) is 0 Å². The lowest BCUT2D eigenvalue weighted by molar-refractivity contribution is 0.0877. The Labute approximate surface area is 251 Å². The van der Waals surface area contributed by atoms with Gasteiger partial charge in [0.2, 0.25) is 0 Å². The summed E-state index contributed by atoms with van der Waals surface area (Å²) in [6, 6.07) is 31.1. The van der Waals surface area contributed by atoms with Gasteiger partial charge in [-0.25, -0.2) is 9.80 Å². The number of benzene rings is 7. The van der Waals surface area contributed by atoms with Crippen molar-refractivity contribution in [3.63, 3.8) is 0 Å². The first-order chi connectivity index (χ1) is 21.5. The lowest BCUT2D eigenvalue weighted by Crippen LogP contribution is -2.40. The van der Waals surface area contributed by atoms with Crippen molar-refractivity contribution in [2.75, 3.05) is 9.80 Å². The first-order valence-electron chi connectivity index (χ1n) is 14.6. The van der Waals surface area contributed by atoms with Crippen LogP contribution in [0, 0.1) is 0 Å². The molecule has 0 saturated carbocycles. The molecule has 2 heterocycles. The first-order valence-corrected chi connectivity index (χ1v) is 14.6. The van der Waals surface area contributed by atoms with Crippen LogP contribution in [0.3, 0.4) is 0 Å². The summed E-state index contributed by atoms with van der Waals surface area (Å²) in [4.78, 5) is 58.2. The van der Waals surface area contributed by atoms with Crippen LogP contribution in [0.1, 0.15) is 53.9 Å². The molecule has 0 saturated heterocycles. The van der Waals surface area contributed by atoms with Crippen LogP contribution < -0.4 is 9.80 Å². The smallest absolute Gasteiger partial charge is 0.265 e. The molecule has 0 aromatic heterocycles. The number of carbonyl (C=O) groups is 4. The molecular formula is C38H22N2O4. The third kappa shape index (κ3) is 2.94. The maximum atomic E-state index is 14.0. The zero-order chi connectivity index (χ0) is 29.9. The highest BCUT2D eigenvalue weighted by molar-refractivity contribution is 6.45. The molecule has 0 radical (unpaired) electrons. The number of para-hydroxylation sites is 2.